The summed E-state index contributed by atoms with van der Waals surface area (Å²) in [7, 11) is 0. The Kier molecular flexibility index (Phi) is 5.23. The molecular formula is C14H18O5. The van der Waals surface area contributed by atoms with Crippen LogP contribution in [0.4, 0.5) is 0 Å². The van der Waals surface area contributed by atoms with E-state index in [0.29, 0.717) is 13.2 Å². The van der Waals surface area contributed by atoms with Gasteiger partial charge in [-0.05, 0) is 32.9 Å². The van der Waals surface area contributed by atoms with E-state index in [1.807, 2.05) is 0 Å². The van der Waals surface area contributed by atoms with Gasteiger partial charge in [-0.2, -0.15) is 0 Å². The first-order chi connectivity index (χ1) is 9.01. The summed E-state index contributed by atoms with van der Waals surface area (Å²) in [5.74, 6) is -0.0686. The number of hydrogen-bond acceptors (Lipinski definition) is 5. The van der Waals surface area contributed by atoms with E-state index in [2.05, 4.69) is 6.58 Å². The topological polar surface area (TPSA) is 65.0 Å². The number of phenolic OH excluding ortho intramolecular Hbond substituents is 1. The van der Waals surface area contributed by atoms with Gasteiger partial charge in [0.25, 0.3) is 0 Å². The number of phenols is 1. The Bertz CT molecular complexity index is 479. The second-order valence-corrected chi connectivity index (χ2v) is 3.78. The first-order valence-corrected chi connectivity index (χ1v) is 6.00. The van der Waals surface area contributed by atoms with Crippen molar-refractivity contribution in [2.45, 2.75) is 20.8 Å². The van der Waals surface area contributed by atoms with Crippen molar-refractivity contribution >= 4 is 5.97 Å². The van der Waals surface area contributed by atoms with E-state index in [4.69, 9.17) is 14.2 Å². The molecule has 1 N–H and O–H groups in total. The van der Waals surface area contributed by atoms with Crippen LogP contribution in [0.25, 0.3) is 0 Å². The van der Waals surface area contributed by atoms with Crippen molar-refractivity contribution in [3.8, 4) is 23.0 Å². The molecule has 0 unspecified atom stereocenters. The first kappa shape index (κ1) is 14.9. The third kappa shape index (κ3) is 3.64. The number of benzene rings is 1. The van der Waals surface area contributed by atoms with Crippen LogP contribution in [0.2, 0.25) is 0 Å². The molecular weight excluding hydrogens is 248 g/mol. The van der Waals surface area contributed by atoms with Crippen molar-refractivity contribution in [3.63, 3.8) is 0 Å². The number of esters is 1. The summed E-state index contributed by atoms with van der Waals surface area (Å²) < 4.78 is 15.9. The lowest BCUT2D eigenvalue weighted by Gasteiger charge is -2.15. The summed E-state index contributed by atoms with van der Waals surface area (Å²) >= 11 is 0. The van der Waals surface area contributed by atoms with Gasteiger partial charge in [-0.3, -0.25) is 0 Å². The smallest absolute Gasteiger partial charge is 0.338 e. The van der Waals surface area contributed by atoms with Crippen LogP contribution in [-0.2, 0) is 4.79 Å². The standard InChI is InChI=1S/C14H18O5/c1-5-17-12-10(15)7-8-11(13(12)18-6-2)19-14(16)9(3)4/h7-8,15H,3,5-6H2,1-2,4H3. The predicted octanol–water partition coefficient (Wildman–Crippen LogP) is 2.67. The predicted molar refractivity (Wildman–Crippen MR) is 70.9 cm³/mol. The molecule has 0 aromatic heterocycles. The van der Waals surface area contributed by atoms with E-state index in [-0.39, 0.29) is 28.6 Å². The van der Waals surface area contributed by atoms with Crippen LogP contribution in [0.3, 0.4) is 0 Å². The molecule has 0 heterocycles. The van der Waals surface area contributed by atoms with Gasteiger partial charge in [0.1, 0.15) is 0 Å². The van der Waals surface area contributed by atoms with Crippen LogP contribution in [-0.4, -0.2) is 24.3 Å². The highest BCUT2D eigenvalue weighted by Crippen LogP contribution is 2.44. The van der Waals surface area contributed by atoms with Crippen molar-refractivity contribution in [2.24, 2.45) is 0 Å². The summed E-state index contributed by atoms with van der Waals surface area (Å²) in [5, 5.41) is 9.75. The Morgan fingerprint density at radius 3 is 2.32 bits per heavy atom. The number of aromatic hydroxyl groups is 1. The third-order valence-corrected chi connectivity index (χ3v) is 2.18. The maximum Gasteiger partial charge on any atom is 0.338 e. The molecule has 5 heteroatoms. The van der Waals surface area contributed by atoms with E-state index in [9.17, 15) is 9.90 Å². The highest BCUT2D eigenvalue weighted by Gasteiger charge is 2.19. The number of carbonyl (C=O) groups excluding carboxylic acids is 1. The minimum Gasteiger partial charge on any atom is -0.504 e. The number of rotatable bonds is 6. The molecule has 0 fully saturated rings. The number of hydrogen-bond donors (Lipinski definition) is 1. The molecule has 0 aliphatic heterocycles. The lowest BCUT2D eigenvalue weighted by atomic mass is 10.2. The second kappa shape index (κ2) is 6.68. The zero-order valence-corrected chi connectivity index (χ0v) is 11.4. The fourth-order valence-corrected chi connectivity index (χ4v) is 1.37. The molecule has 0 aliphatic rings. The van der Waals surface area contributed by atoms with Crippen LogP contribution >= 0.6 is 0 Å². The molecule has 0 saturated carbocycles. The summed E-state index contributed by atoms with van der Waals surface area (Å²) in [6.07, 6.45) is 0. The largest absolute Gasteiger partial charge is 0.504 e. The zero-order valence-electron chi connectivity index (χ0n) is 11.4. The van der Waals surface area contributed by atoms with Gasteiger partial charge < -0.3 is 19.3 Å². The molecule has 19 heavy (non-hydrogen) atoms. The maximum atomic E-state index is 11.5. The molecule has 1 aromatic rings. The lowest BCUT2D eigenvalue weighted by molar-refractivity contribution is -0.130. The SMILES string of the molecule is C=C(C)C(=O)Oc1ccc(O)c(OCC)c1OCC. The van der Waals surface area contributed by atoms with Gasteiger partial charge in [0.15, 0.2) is 11.5 Å². The quantitative estimate of drug-likeness (QED) is 0.487. The van der Waals surface area contributed by atoms with Gasteiger partial charge in [-0.25, -0.2) is 4.79 Å². The summed E-state index contributed by atoms with van der Waals surface area (Å²) in [6.45, 7) is 9.32. The van der Waals surface area contributed by atoms with Crippen molar-refractivity contribution in [1.29, 1.82) is 0 Å². The minimum atomic E-state index is -0.561. The van der Waals surface area contributed by atoms with Crippen LogP contribution in [0.5, 0.6) is 23.0 Å². The molecule has 1 rings (SSSR count). The van der Waals surface area contributed by atoms with Gasteiger partial charge in [-0.1, -0.05) is 6.58 Å². The van der Waals surface area contributed by atoms with E-state index >= 15 is 0 Å². The first-order valence-electron chi connectivity index (χ1n) is 6.00. The molecule has 0 spiro atoms. The molecule has 104 valence electrons. The monoisotopic (exact) mass is 266 g/mol. The number of carbonyl (C=O) groups is 1. The van der Waals surface area contributed by atoms with Crippen molar-refractivity contribution < 1.29 is 24.1 Å². The van der Waals surface area contributed by atoms with Crippen LogP contribution in [0.15, 0.2) is 24.3 Å². The van der Waals surface area contributed by atoms with Crippen LogP contribution in [0.1, 0.15) is 20.8 Å². The van der Waals surface area contributed by atoms with Crippen LogP contribution in [0, 0.1) is 0 Å². The van der Waals surface area contributed by atoms with Crippen molar-refractivity contribution in [1.82, 2.24) is 0 Å². The van der Waals surface area contributed by atoms with Gasteiger partial charge >= 0.3 is 5.97 Å². The fraction of sp³-hybridized carbons (Fsp3) is 0.357. The lowest BCUT2D eigenvalue weighted by Crippen LogP contribution is -2.10. The Hall–Kier alpha value is -2.17. The van der Waals surface area contributed by atoms with Gasteiger partial charge in [0, 0.05) is 5.57 Å². The summed E-state index contributed by atoms with van der Waals surface area (Å²) in [5.41, 5.74) is 0.272. The Morgan fingerprint density at radius 2 is 1.79 bits per heavy atom. The maximum absolute atomic E-state index is 11.5. The molecule has 5 nitrogen and oxygen atoms in total. The van der Waals surface area contributed by atoms with Gasteiger partial charge in [-0.15, -0.1) is 0 Å². The molecule has 0 amide bonds. The van der Waals surface area contributed by atoms with E-state index < -0.39 is 5.97 Å². The molecule has 0 atom stereocenters. The summed E-state index contributed by atoms with van der Waals surface area (Å²) in [4.78, 5) is 11.5. The van der Waals surface area contributed by atoms with E-state index in [1.54, 1.807) is 20.8 Å². The third-order valence-electron chi connectivity index (χ3n) is 2.18. The highest BCUT2D eigenvalue weighted by molar-refractivity contribution is 5.89. The Morgan fingerprint density at radius 1 is 1.21 bits per heavy atom. The molecule has 0 aliphatic carbocycles. The molecule has 0 radical (unpaired) electrons. The van der Waals surface area contributed by atoms with E-state index in [0.717, 1.165) is 0 Å². The Balaban J connectivity index is 3.19. The summed E-state index contributed by atoms with van der Waals surface area (Å²) in [6, 6.07) is 2.83. The molecule has 0 bridgehead atoms. The normalized spacial score (nSPS) is 9.84. The average Bonchev–Trinajstić information content (AvgIpc) is 2.36. The van der Waals surface area contributed by atoms with Crippen molar-refractivity contribution in [2.75, 3.05) is 13.2 Å². The Labute approximate surface area is 112 Å². The average molecular weight is 266 g/mol. The second-order valence-electron chi connectivity index (χ2n) is 3.78. The highest BCUT2D eigenvalue weighted by atomic mass is 16.6. The molecule has 1 aromatic carbocycles. The van der Waals surface area contributed by atoms with Gasteiger partial charge in [0.2, 0.25) is 11.5 Å². The number of ether oxygens (including phenoxy) is 3. The van der Waals surface area contributed by atoms with Crippen LogP contribution < -0.4 is 14.2 Å². The van der Waals surface area contributed by atoms with Gasteiger partial charge in [0.05, 0.1) is 13.2 Å². The minimum absolute atomic E-state index is 0.0691. The molecule has 0 saturated heterocycles. The van der Waals surface area contributed by atoms with E-state index in [1.165, 1.54) is 12.1 Å². The fourth-order valence-electron chi connectivity index (χ4n) is 1.37. The van der Waals surface area contributed by atoms with Crippen molar-refractivity contribution in [3.05, 3.63) is 24.3 Å². The zero-order chi connectivity index (χ0) is 14.4.